The van der Waals surface area contributed by atoms with Crippen molar-refractivity contribution in [3.8, 4) is 11.3 Å². The highest BCUT2D eigenvalue weighted by atomic mass is 32.2. The summed E-state index contributed by atoms with van der Waals surface area (Å²) in [6, 6.07) is 10.1. The number of imide groups is 1. The van der Waals surface area contributed by atoms with Gasteiger partial charge in [0.25, 0.3) is 11.1 Å². The highest BCUT2D eigenvalue weighted by Crippen LogP contribution is 2.33. The molecule has 2 amide bonds. The zero-order valence-corrected chi connectivity index (χ0v) is 16.5. The number of hydrogen-bond donors (Lipinski definition) is 0. The summed E-state index contributed by atoms with van der Waals surface area (Å²) in [5.41, 5.74) is 1.16. The molecule has 0 N–H and O–H groups in total. The van der Waals surface area contributed by atoms with Gasteiger partial charge in [-0.25, -0.2) is 4.79 Å². The third kappa shape index (κ3) is 4.57. The largest absolute Gasteiger partial charge is 0.468 e. The summed E-state index contributed by atoms with van der Waals surface area (Å²) in [7, 11) is 1.18. The first-order valence-corrected chi connectivity index (χ1v) is 9.44. The van der Waals surface area contributed by atoms with E-state index in [1.54, 1.807) is 43.3 Å². The lowest BCUT2D eigenvalue weighted by atomic mass is 10.1. The first kappa shape index (κ1) is 20.4. The Kier molecular flexibility index (Phi) is 6.18. The van der Waals surface area contributed by atoms with Crippen LogP contribution in [0.1, 0.15) is 23.0 Å². The molecule has 0 saturated carbocycles. The predicted octanol–water partition coefficient (Wildman–Crippen LogP) is 3.33. The quantitative estimate of drug-likeness (QED) is 0.523. The molecule has 0 bridgehead atoms. The van der Waals surface area contributed by atoms with Crippen molar-refractivity contribution in [2.75, 3.05) is 20.3 Å². The van der Waals surface area contributed by atoms with Crippen LogP contribution in [0.25, 0.3) is 17.4 Å². The van der Waals surface area contributed by atoms with E-state index < -0.39 is 29.6 Å². The van der Waals surface area contributed by atoms with E-state index in [-0.39, 0.29) is 4.91 Å². The molecule has 2 heterocycles. The summed E-state index contributed by atoms with van der Waals surface area (Å²) in [5, 5.41) is -0.548. The molecule has 0 atom stereocenters. The average Bonchev–Trinajstić information content (AvgIpc) is 3.28. The second kappa shape index (κ2) is 8.78. The molecular formula is C20H17NO7S. The van der Waals surface area contributed by atoms with Crippen molar-refractivity contribution in [2.45, 2.75) is 6.92 Å². The van der Waals surface area contributed by atoms with Gasteiger partial charge in [0.2, 0.25) is 0 Å². The Bertz CT molecular complexity index is 991. The zero-order chi connectivity index (χ0) is 21.0. The van der Waals surface area contributed by atoms with Crippen molar-refractivity contribution < 1.29 is 33.1 Å². The first-order chi connectivity index (χ1) is 13.9. The molecule has 3 rings (SSSR count). The fraction of sp³-hybridized carbons (Fsp3) is 0.200. The zero-order valence-electron chi connectivity index (χ0n) is 15.7. The summed E-state index contributed by atoms with van der Waals surface area (Å²) in [4.78, 5) is 48.3. The minimum absolute atomic E-state index is 0.150. The molecule has 0 aliphatic carbocycles. The van der Waals surface area contributed by atoms with Crippen LogP contribution < -0.4 is 0 Å². The molecule has 1 saturated heterocycles. The van der Waals surface area contributed by atoms with Gasteiger partial charge in [-0.1, -0.05) is 12.1 Å². The van der Waals surface area contributed by atoms with Crippen LogP contribution in [0.2, 0.25) is 0 Å². The lowest BCUT2D eigenvalue weighted by Crippen LogP contribution is -2.34. The maximum absolute atomic E-state index is 12.3. The number of carbonyl (C=O) groups is 4. The normalized spacial score (nSPS) is 15.1. The summed E-state index contributed by atoms with van der Waals surface area (Å²) < 4.78 is 15.2. The maximum atomic E-state index is 12.3. The van der Waals surface area contributed by atoms with Gasteiger partial charge in [0.05, 0.1) is 24.2 Å². The Morgan fingerprint density at radius 2 is 1.86 bits per heavy atom. The summed E-state index contributed by atoms with van der Waals surface area (Å²) in [6.45, 7) is 1.60. The number of rotatable bonds is 6. The van der Waals surface area contributed by atoms with E-state index >= 15 is 0 Å². The molecule has 1 aromatic heterocycles. The van der Waals surface area contributed by atoms with Crippen molar-refractivity contribution in [1.82, 2.24) is 4.90 Å². The average molecular weight is 415 g/mol. The number of nitrogens with zero attached hydrogens (tertiary/aromatic N) is 1. The third-order valence-electron chi connectivity index (χ3n) is 3.97. The molecule has 29 heavy (non-hydrogen) atoms. The lowest BCUT2D eigenvalue weighted by molar-refractivity contribution is -0.143. The predicted molar refractivity (Wildman–Crippen MR) is 105 cm³/mol. The summed E-state index contributed by atoms with van der Waals surface area (Å²) >= 11 is 0.723. The van der Waals surface area contributed by atoms with E-state index in [0.717, 1.165) is 22.2 Å². The number of amides is 2. The fourth-order valence-corrected chi connectivity index (χ4v) is 3.35. The molecule has 0 radical (unpaired) electrons. The lowest BCUT2D eigenvalue weighted by Gasteiger charge is -2.09. The van der Waals surface area contributed by atoms with Crippen LogP contribution in [0.3, 0.4) is 0 Å². The molecule has 1 fully saturated rings. The fourth-order valence-electron chi connectivity index (χ4n) is 2.53. The van der Waals surface area contributed by atoms with Gasteiger partial charge in [-0.3, -0.25) is 19.3 Å². The van der Waals surface area contributed by atoms with Gasteiger partial charge in [0.1, 0.15) is 18.1 Å². The van der Waals surface area contributed by atoms with Gasteiger partial charge in [-0.2, -0.15) is 0 Å². The highest BCUT2D eigenvalue weighted by molar-refractivity contribution is 8.18. The van der Waals surface area contributed by atoms with Gasteiger partial charge in [0, 0.05) is 11.6 Å². The number of thioether (sulfide) groups is 1. The second-order valence-corrected chi connectivity index (χ2v) is 6.84. The minimum Gasteiger partial charge on any atom is -0.468 e. The monoisotopic (exact) mass is 415 g/mol. The number of ether oxygens (including phenoxy) is 2. The Balaban J connectivity index is 1.75. The standard InChI is InChI=1S/C20H17NO7S/c1-3-27-19(24)13-6-4-12(5-7-13)15-9-8-14(28-15)10-16-18(23)21(20(25)29-16)11-17(22)26-2/h4-10H,3,11H2,1-2H3/b16-10-. The molecule has 1 aromatic carbocycles. The van der Waals surface area contributed by atoms with Crippen LogP contribution in [0, 0.1) is 0 Å². The Morgan fingerprint density at radius 3 is 2.52 bits per heavy atom. The van der Waals surface area contributed by atoms with Crippen LogP contribution >= 0.6 is 11.8 Å². The topological polar surface area (TPSA) is 103 Å². The van der Waals surface area contributed by atoms with Crippen LogP contribution in [0.5, 0.6) is 0 Å². The summed E-state index contributed by atoms with van der Waals surface area (Å²) in [6.07, 6.45) is 1.44. The molecule has 1 aliphatic rings. The number of carbonyl (C=O) groups excluding carboxylic acids is 4. The number of hydrogen-bond acceptors (Lipinski definition) is 8. The van der Waals surface area contributed by atoms with Gasteiger partial charge in [-0.05, 0) is 43.0 Å². The van der Waals surface area contributed by atoms with E-state index in [4.69, 9.17) is 9.15 Å². The SMILES string of the molecule is CCOC(=O)c1ccc(-c2ccc(/C=C3\SC(=O)N(CC(=O)OC)C3=O)o2)cc1. The smallest absolute Gasteiger partial charge is 0.338 e. The van der Waals surface area contributed by atoms with E-state index in [1.165, 1.54) is 13.2 Å². The molecule has 9 heteroatoms. The molecule has 0 spiro atoms. The maximum Gasteiger partial charge on any atom is 0.338 e. The van der Waals surface area contributed by atoms with Crippen LogP contribution in [-0.2, 0) is 19.1 Å². The van der Waals surface area contributed by atoms with Crippen molar-refractivity contribution in [3.63, 3.8) is 0 Å². The summed E-state index contributed by atoms with van der Waals surface area (Å²) in [5.74, 6) is -0.761. The third-order valence-corrected chi connectivity index (χ3v) is 4.88. The highest BCUT2D eigenvalue weighted by Gasteiger charge is 2.36. The van der Waals surface area contributed by atoms with Gasteiger partial charge in [0.15, 0.2) is 0 Å². The molecule has 8 nitrogen and oxygen atoms in total. The van der Waals surface area contributed by atoms with E-state index in [9.17, 15) is 19.2 Å². The van der Waals surface area contributed by atoms with Gasteiger partial charge >= 0.3 is 11.9 Å². The van der Waals surface area contributed by atoms with Crippen molar-refractivity contribution in [2.24, 2.45) is 0 Å². The van der Waals surface area contributed by atoms with E-state index in [2.05, 4.69) is 4.74 Å². The van der Waals surface area contributed by atoms with Crippen LogP contribution in [-0.4, -0.2) is 48.2 Å². The Morgan fingerprint density at radius 1 is 1.14 bits per heavy atom. The first-order valence-electron chi connectivity index (χ1n) is 8.62. The Labute approximate surface area is 170 Å². The second-order valence-electron chi connectivity index (χ2n) is 5.84. The molecule has 1 aliphatic heterocycles. The number of benzene rings is 1. The molecule has 150 valence electrons. The van der Waals surface area contributed by atoms with Crippen molar-refractivity contribution in [3.05, 3.63) is 52.6 Å². The minimum atomic E-state index is -0.680. The van der Waals surface area contributed by atoms with Crippen LogP contribution in [0.15, 0.2) is 45.7 Å². The number of methoxy groups -OCH3 is 1. The van der Waals surface area contributed by atoms with E-state index in [0.29, 0.717) is 23.7 Å². The van der Waals surface area contributed by atoms with Crippen molar-refractivity contribution in [1.29, 1.82) is 0 Å². The molecular weight excluding hydrogens is 398 g/mol. The van der Waals surface area contributed by atoms with Gasteiger partial charge < -0.3 is 13.9 Å². The molecule has 2 aromatic rings. The van der Waals surface area contributed by atoms with E-state index in [1.807, 2.05) is 0 Å². The molecule has 0 unspecified atom stereocenters. The van der Waals surface area contributed by atoms with Crippen LogP contribution in [0.4, 0.5) is 4.79 Å². The Hall–Kier alpha value is -3.33. The van der Waals surface area contributed by atoms with Crippen molar-refractivity contribution >= 4 is 40.9 Å². The number of furan rings is 1. The number of esters is 2. The van der Waals surface area contributed by atoms with Gasteiger partial charge in [-0.15, -0.1) is 0 Å².